The molecule has 2 N–H and O–H groups in total. The fraction of sp³-hybridized carbons (Fsp3) is 0.500. The third kappa shape index (κ3) is 11.5. The Labute approximate surface area is 185 Å². The largest absolute Gasteiger partial charge is 0.481 e. The minimum atomic E-state index is -4.44. The smallest absolute Gasteiger partial charge is 0.449 e. The molecule has 31 heavy (non-hydrogen) atoms. The SMILES string of the molecule is Cc1ccc(C)cc1.Cc1ccc(C2CC2)cc1.F[B-](F)(F)C1CC1.OB(O)C1CC1. The first-order chi connectivity index (χ1) is 14.6. The highest BCUT2D eigenvalue weighted by Gasteiger charge is 2.41. The van der Waals surface area contributed by atoms with Crippen LogP contribution in [-0.2, 0) is 0 Å². The number of hydrogen-bond acceptors (Lipinski definition) is 2. The monoisotopic (exact) mass is 433 g/mol. The summed E-state index contributed by atoms with van der Waals surface area (Å²) in [7, 11) is -1.04. The van der Waals surface area contributed by atoms with Gasteiger partial charge in [0.05, 0.1) is 0 Å². The molecule has 2 nitrogen and oxygen atoms in total. The van der Waals surface area contributed by atoms with Gasteiger partial charge >= 0.3 is 14.1 Å². The molecule has 0 atom stereocenters. The van der Waals surface area contributed by atoms with E-state index in [-0.39, 0.29) is 5.82 Å². The van der Waals surface area contributed by atoms with Crippen molar-refractivity contribution in [2.45, 2.75) is 76.8 Å². The summed E-state index contributed by atoms with van der Waals surface area (Å²) in [5.74, 6) is 0.227. The summed E-state index contributed by atoms with van der Waals surface area (Å²) < 4.78 is 33.9. The lowest BCUT2D eigenvalue weighted by molar-refractivity contribution is 0.403. The first-order valence-corrected chi connectivity index (χ1v) is 11.2. The Morgan fingerprint density at radius 2 is 1.06 bits per heavy atom. The number of halogens is 3. The molecule has 3 saturated carbocycles. The molecule has 7 heteroatoms. The summed E-state index contributed by atoms with van der Waals surface area (Å²) >= 11 is 0. The summed E-state index contributed by atoms with van der Waals surface area (Å²) in [6, 6.07) is 17.4. The zero-order valence-electron chi connectivity index (χ0n) is 18.8. The van der Waals surface area contributed by atoms with E-state index in [9.17, 15) is 12.9 Å². The second-order valence-electron chi connectivity index (χ2n) is 9.05. The summed E-state index contributed by atoms with van der Waals surface area (Å²) in [5, 5.41) is 16.5. The van der Waals surface area contributed by atoms with Gasteiger partial charge in [-0.05, 0) is 50.9 Å². The third-order valence-corrected chi connectivity index (χ3v) is 5.54. The summed E-state index contributed by atoms with van der Waals surface area (Å²) in [4.78, 5) is 0. The van der Waals surface area contributed by atoms with Gasteiger partial charge in [-0.2, -0.15) is 0 Å². The van der Waals surface area contributed by atoms with Crippen molar-refractivity contribution in [1.82, 2.24) is 0 Å². The zero-order chi connectivity index (χ0) is 23.0. The molecule has 0 aromatic heterocycles. The lowest BCUT2D eigenvalue weighted by Gasteiger charge is -2.09. The molecule has 2 aromatic carbocycles. The quantitative estimate of drug-likeness (QED) is 0.523. The van der Waals surface area contributed by atoms with Crippen molar-refractivity contribution >= 4 is 14.1 Å². The Kier molecular flexibility index (Phi) is 9.70. The van der Waals surface area contributed by atoms with E-state index in [1.165, 1.54) is 35.1 Å². The van der Waals surface area contributed by atoms with Gasteiger partial charge in [0.2, 0.25) is 0 Å². The Balaban J connectivity index is 0.000000150. The van der Waals surface area contributed by atoms with E-state index in [4.69, 9.17) is 10.0 Å². The zero-order valence-corrected chi connectivity index (χ0v) is 18.8. The van der Waals surface area contributed by atoms with Crippen molar-refractivity contribution in [2.24, 2.45) is 0 Å². The van der Waals surface area contributed by atoms with Gasteiger partial charge in [0, 0.05) is 0 Å². The van der Waals surface area contributed by atoms with E-state index in [2.05, 4.69) is 69.3 Å². The molecule has 0 saturated heterocycles. The van der Waals surface area contributed by atoms with E-state index >= 15 is 0 Å². The van der Waals surface area contributed by atoms with E-state index < -0.39 is 19.9 Å². The summed E-state index contributed by atoms with van der Waals surface area (Å²) in [6.45, 7) is 1.88. The minimum absolute atomic E-state index is 0.213. The highest BCUT2D eigenvalue weighted by molar-refractivity contribution is 6.61. The van der Waals surface area contributed by atoms with Gasteiger partial charge in [-0.15, -0.1) is 0 Å². The maximum Gasteiger partial charge on any atom is 0.481 e. The molecular weight excluding hydrogens is 399 g/mol. The first-order valence-electron chi connectivity index (χ1n) is 11.2. The van der Waals surface area contributed by atoms with Crippen LogP contribution < -0.4 is 0 Å². The Morgan fingerprint density at radius 3 is 1.26 bits per heavy atom. The molecule has 3 fully saturated rings. The minimum Gasteiger partial charge on any atom is -0.449 e. The number of benzene rings is 2. The Morgan fingerprint density at radius 1 is 0.677 bits per heavy atom. The average molecular weight is 433 g/mol. The van der Waals surface area contributed by atoms with E-state index in [1.807, 2.05) is 0 Å². The predicted octanol–water partition coefficient (Wildman–Crippen LogP) is 6.80. The molecule has 0 aliphatic heterocycles. The van der Waals surface area contributed by atoms with Gasteiger partial charge in [-0.1, -0.05) is 96.7 Å². The molecule has 0 unspecified atom stereocenters. The van der Waals surface area contributed by atoms with Crippen molar-refractivity contribution < 1.29 is 23.0 Å². The van der Waals surface area contributed by atoms with Gasteiger partial charge in [-0.3, -0.25) is 0 Å². The highest BCUT2D eigenvalue weighted by atomic mass is 19.4. The molecule has 0 radical (unpaired) electrons. The van der Waals surface area contributed by atoms with Crippen LogP contribution in [0, 0.1) is 20.8 Å². The van der Waals surface area contributed by atoms with Gasteiger partial charge in [0.15, 0.2) is 0 Å². The van der Waals surface area contributed by atoms with Crippen molar-refractivity contribution in [1.29, 1.82) is 0 Å². The van der Waals surface area contributed by atoms with Crippen molar-refractivity contribution in [3.63, 3.8) is 0 Å². The third-order valence-electron chi connectivity index (χ3n) is 5.54. The van der Waals surface area contributed by atoms with E-state index in [0.29, 0.717) is 12.8 Å². The highest BCUT2D eigenvalue weighted by Crippen LogP contribution is 2.47. The van der Waals surface area contributed by atoms with Gasteiger partial charge in [0.25, 0.3) is 0 Å². The topological polar surface area (TPSA) is 40.5 Å². The molecule has 3 aliphatic carbocycles. The van der Waals surface area contributed by atoms with Crippen molar-refractivity contribution in [3.8, 4) is 0 Å². The maximum atomic E-state index is 11.3. The van der Waals surface area contributed by atoms with Crippen LogP contribution in [0.2, 0.25) is 11.6 Å². The first kappa shape index (κ1) is 25.5. The lowest BCUT2D eigenvalue weighted by Crippen LogP contribution is -2.13. The van der Waals surface area contributed by atoms with Crippen LogP contribution in [0.1, 0.15) is 66.7 Å². The number of aryl methyl sites for hydroxylation is 3. The molecule has 0 amide bonds. The second-order valence-corrected chi connectivity index (χ2v) is 9.05. The molecule has 0 heterocycles. The molecule has 5 rings (SSSR count). The summed E-state index contributed by atoms with van der Waals surface area (Å²) in [6.07, 6.45) is 5.56. The lowest BCUT2D eigenvalue weighted by atomic mass is 9.84. The maximum absolute atomic E-state index is 11.3. The van der Waals surface area contributed by atoms with Crippen molar-refractivity contribution in [2.75, 3.05) is 0 Å². The number of rotatable bonds is 3. The number of hydrogen-bond donors (Lipinski definition) is 2. The van der Waals surface area contributed by atoms with E-state index in [1.54, 1.807) is 0 Å². The van der Waals surface area contributed by atoms with Crippen LogP contribution in [0.15, 0.2) is 48.5 Å². The standard InChI is InChI=1S/C10H12.C8H10.C3H5BF3.C3H7BO2/c1-8-2-4-9(5-3-8)10-6-7-10;1-7-3-5-8(2)6-4-7;5-4(6,7)3-1-2-3;5-4(6)3-1-2-3/h2-5,10H,6-7H2,1H3;3-6H,1-2H3;3H,1-2H2;3,5-6H,1-2H2/q;;-1;. The van der Waals surface area contributed by atoms with Gasteiger partial charge in [-0.25, -0.2) is 0 Å². The fourth-order valence-corrected chi connectivity index (χ4v) is 2.76. The molecule has 170 valence electrons. The predicted molar refractivity (Wildman–Crippen MR) is 124 cm³/mol. The van der Waals surface area contributed by atoms with Crippen LogP contribution in [0.25, 0.3) is 0 Å². The molecule has 0 bridgehead atoms. The van der Waals surface area contributed by atoms with Crippen LogP contribution >= 0.6 is 0 Å². The normalized spacial score (nSPS) is 17.2. The molecule has 0 spiro atoms. The molecular formula is C24H34B2F3O2-. The Hall–Kier alpha value is -1.72. The van der Waals surface area contributed by atoms with Crippen LogP contribution in [0.4, 0.5) is 12.9 Å². The second kappa shape index (κ2) is 11.8. The van der Waals surface area contributed by atoms with Crippen molar-refractivity contribution in [3.05, 3.63) is 70.8 Å². The average Bonchev–Trinajstić information content (AvgIpc) is 3.59. The summed E-state index contributed by atoms with van der Waals surface area (Å²) in [5.41, 5.74) is 5.56. The Bertz CT molecular complexity index is 744. The van der Waals surface area contributed by atoms with Crippen LogP contribution in [0.5, 0.6) is 0 Å². The van der Waals surface area contributed by atoms with Gasteiger partial charge < -0.3 is 23.0 Å². The molecule has 3 aliphatic rings. The van der Waals surface area contributed by atoms with E-state index in [0.717, 1.165) is 18.8 Å². The van der Waals surface area contributed by atoms with Gasteiger partial charge in [0.1, 0.15) is 0 Å². The fourth-order valence-electron chi connectivity index (χ4n) is 2.76. The van der Waals surface area contributed by atoms with Crippen LogP contribution in [-0.4, -0.2) is 24.1 Å². The van der Waals surface area contributed by atoms with Crippen LogP contribution in [0.3, 0.4) is 0 Å². The molecule has 2 aromatic rings.